The number of hydrogen-bond acceptors (Lipinski definition) is 3. The van der Waals surface area contributed by atoms with E-state index in [0.717, 1.165) is 23.7 Å². The minimum atomic E-state index is 0.684. The lowest BCUT2D eigenvalue weighted by Crippen LogP contribution is -2.31. The molecule has 1 aliphatic rings. The highest BCUT2D eigenvalue weighted by Crippen LogP contribution is 2.13. The Hall–Kier alpha value is -0.640. The van der Waals surface area contributed by atoms with Crippen LogP contribution in [0.5, 0.6) is 0 Å². The van der Waals surface area contributed by atoms with Crippen LogP contribution in [0.4, 0.5) is 0 Å². The van der Waals surface area contributed by atoms with Gasteiger partial charge in [0.2, 0.25) is 0 Å². The van der Waals surface area contributed by atoms with Crippen LogP contribution >= 0.6 is 11.6 Å². The first kappa shape index (κ1) is 13.8. The number of halogens is 1. The first-order valence-corrected chi connectivity index (χ1v) is 7.15. The van der Waals surface area contributed by atoms with Crippen LogP contribution < -0.4 is 5.32 Å². The fourth-order valence-corrected chi connectivity index (χ4v) is 2.66. The van der Waals surface area contributed by atoms with Crippen LogP contribution in [0.15, 0.2) is 18.5 Å². The molecule has 100 valence electrons. The van der Waals surface area contributed by atoms with Gasteiger partial charge in [-0.3, -0.25) is 4.98 Å². The van der Waals surface area contributed by atoms with E-state index in [9.17, 15) is 0 Å². The van der Waals surface area contributed by atoms with Gasteiger partial charge in [-0.25, -0.2) is 0 Å². The molecule has 0 amide bonds. The molecule has 0 aromatic carbocycles. The van der Waals surface area contributed by atoms with Gasteiger partial charge in [0.1, 0.15) is 0 Å². The molecule has 3 nitrogen and oxygen atoms in total. The molecule has 2 heterocycles. The van der Waals surface area contributed by atoms with Crippen molar-refractivity contribution < 1.29 is 0 Å². The van der Waals surface area contributed by atoms with Gasteiger partial charge in [0, 0.05) is 25.5 Å². The lowest BCUT2D eigenvalue weighted by Gasteiger charge is -2.20. The van der Waals surface area contributed by atoms with Crippen LogP contribution in [0.25, 0.3) is 0 Å². The van der Waals surface area contributed by atoms with Crippen molar-refractivity contribution in [1.82, 2.24) is 15.2 Å². The second kappa shape index (κ2) is 7.07. The zero-order chi connectivity index (χ0) is 12.8. The van der Waals surface area contributed by atoms with Crippen LogP contribution in [0.3, 0.4) is 0 Å². The highest BCUT2D eigenvalue weighted by atomic mass is 35.5. The van der Waals surface area contributed by atoms with Gasteiger partial charge in [0.15, 0.2) is 0 Å². The monoisotopic (exact) mass is 267 g/mol. The van der Waals surface area contributed by atoms with E-state index in [1.54, 1.807) is 12.4 Å². The molecule has 1 aromatic rings. The van der Waals surface area contributed by atoms with Gasteiger partial charge >= 0.3 is 0 Å². The first-order chi connectivity index (χ1) is 8.75. The summed E-state index contributed by atoms with van der Waals surface area (Å²) in [6, 6.07) is 1.97. The smallest absolute Gasteiger partial charge is 0.0634 e. The summed E-state index contributed by atoms with van der Waals surface area (Å²) in [6.07, 6.45) is 6.22. The molecular formula is C14H22ClN3. The summed E-state index contributed by atoms with van der Waals surface area (Å²) in [7, 11) is 0. The van der Waals surface area contributed by atoms with Gasteiger partial charge in [0.25, 0.3) is 0 Å². The normalized spacial score (nSPS) is 18.1. The van der Waals surface area contributed by atoms with Crippen molar-refractivity contribution in [2.75, 3.05) is 26.2 Å². The van der Waals surface area contributed by atoms with E-state index >= 15 is 0 Å². The molecule has 1 atom stereocenters. The van der Waals surface area contributed by atoms with Crippen LogP contribution in [-0.2, 0) is 6.54 Å². The number of nitrogens with zero attached hydrogens (tertiary/aromatic N) is 2. The summed E-state index contributed by atoms with van der Waals surface area (Å²) in [5.74, 6) is 0.684. The minimum Gasteiger partial charge on any atom is -0.312 e. The molecule has 1 unspecified atom stereocenters. The Morgan fingerprint density at radius 3 is 2.94 bits per heavy atom. The van der Waals surface area contributed by atoms with Crippen molar-refractivity contribution >= 4 is 11.6 Å². The zero-order valence-electron chi connectivity index (χ0n) is 11.0. The van der Waals surface area contributed by atoms with E-state index in [0.29, 0.717) is 5.92 Å². The van der Waals surface area contributed by atoms with E-state index in [1.807, 2.05) is 6.07 Å². The van der Waals surface area contributed by atoms with Crippen LogP contribution in [0.2, 0.25) is 5.02 Å². The average Bonchev–Trinajstić information content (AvgIpc) is 2.84. The molecule has 0 spiro atoms. The van der Waals surface area contributed by atoms with Crippen molar-refractivity contribution in [3.8, 4) is 0 Å². The Balaban J connectivity index is 1.67. The van der Waals surface area contributed by atoms with Crippen molar-refractivity contribution in [1.29, 1.82) is 0 Å². The number of likely N-dealkylation sites (tertiary alicyclic amines) is 1. The maximum absolute atomic E-state index is 6.07. The number of aromatic nitrogens is 1. The molecule has 4 heteroatoms. The standard InChI is InChI=1S/C14H22ClN3/c1-12(11-18-6-2-3-7-18)8-17-9-13-4-5-16-10-14(13)15/h4-5,10,12,17H,2-3,6-9,11H2,1H3. The molecule has 1 N–H and O–H groups in total. The summed E-state index contributed by atoms with van der Waals surface area (Å²) in [5.41, 5.74) is 1.13. The quantitative estimate of drug-likeness (QED) is 0.859. The van der Waals surface area contributed by atoms with E-state index in [2.05, 4.69) is 22.1 Å². The maximum atomic E-state index is 6.07. The van der Waals surface area contributed by atoms with Crippen molar-refractivity contribution in [2.24, 2.45) is 5.92 Å². The van der Waals surface area contributed by atoms with Gasteiger partial charge in [0.05, 0.1) is 5.02 Å². The van der Waals surface area contributed by atoms with Crippen LogP contribution in [-0.4, -0.2) is 36.1 Å². The Kier molecular flexibility index (Phi) is 5.42. The molecule has 18 heavy (non-hydrogen) atoms. The molecule has 1 aromatic heterocycles. The van der Waals surface area contributed by atoms with E-state index in [1.165, 1.54) is 32.5 Å². The lowest BCUT2D eigenvalue weighted by molar-refractivity contribution is 0.282. The second-order valence-electron chi connectivity index (χ2n) is 5.21. The number of rotatable bonds is 6. The first-order valence-electron chi connectivity index (χ1n) is 6.77. The third kappa shape index (κ3) is 4.23. The molecule has 0 aliphatic carbocycles. The third-order valence-corrected chi connectivity index (χ3v) is 3.77. The highest BCUT2D eigenvalue weighted by Gasteiger charge is 2.14. The Morgan fingerprint density at radius 1 is 1.44 bits per heavy atom. The van der Waals surface area contributed by atoms with Gasteiger partial charge in [-0.1, -0.05) is 18.5 Å². The van der Waals surface area contributed by atoms with E-state index in [4.69, 9.17) is 11.6 Å². The van der Waals surface area contributed by atoms with Gasteiger partial charge in [-0.2, -0.15) is 0 Å². The van der Waals surface area contributed by atoms with Crippen LogP contribution in [0, 0.1) is 5.92 Å². The lowest BCUT2D eigenvalue weighted by atomic mass is 10.1. The summed E-state index contributed by atoms with van der Waals surface area (Å²) in [4.78, 5) is 6.55. The number of hydrogen-bond donors (Lipinski definition) is 1. The Morgan fingerprint density at radius 2 is 2.22 bits per heavy atom. The predicted octanol–water partition coefficient (Wildman–Crippen LogP) is 2.56. The molecule has 0 bridgehead atoms. The van der Waals surface area contributed by atoms with Gasteiger partial charge < -0.3 is 10.2 Å². The summed E-state index contributed by atoms with van der Waals surface area (Å²) in [5, 5.41) is 4.22. The molecule has 1 aliphatic heterocycles. The topological polar surface area (TPSA) is 28.2 Å². The molecule has 1 fully saturated rings. The third-order valence-electron chi connectivity index (χ3n) is 3.43. The molecule has 1 saturated heterocycles. The van der Waals surface area contributed by atoms with Crippen molar-refractivity contribution in [3.63, 3.8) is 0 Å². The van der Waals surface area contributed by atoms with Crippen molar-refractivity contribution in [3.05, 3.63) is 29.0 Å². The fourth-order valence-electron chi connectivity index (χ4n) is 2.47. The number of pyridine rings is 1. The molecule has 0 saturated carbocycles. The fraction of sp³-hybridized carbons (Fsp3) is 0.643. The second-order valence-corrected chi connectivity index (χ2v) is 5.62. The summed E-state index contributed by atoms with van der Waals surface area (Å²) in [6.45, 7) is 7.93. The molecular weight excluding hydrogens is 246 g/mol. The van der Waals surface area contributed by atoms with Crippen LogP contribution in [0.1, 0.15) is 25.3 Å². The Bertz CT molecular complexity index is 364. The zero-order valence-corrected chi connectivity index (χ0v) is 11.8. The molecule has 2 rings (SSSR count). The Labute approximate surface area is 115 Å². The minimum absolute atomic E-state index is 0.684. The van der Waals surface area contributed by atoms with Crippen molar-refractivity contribution in [2.45, 2.75) is 26.3 Å². The summed E-state index contributed by atoms with van der Waals surface area (Å²) < 4.78 is 0. The SMILES string of the molecule is CC(CNCc1ccncc1Cl)CN1CCCC1. The van der Waals surface area contributed by atoms with Gasteiger partial charge in [-0.05, 0) is 50.0 Å². The molecule has 0 radical (unpaired) electrons. The maximum Gasteiger partial charge on any atom is 0.0634 e. The van der Waals surface area contributed by atoms with E-state index in [-0.39, 0.29) is 0 Å². The van der Waals surface area contributed by atoms with E-state index < -0.39 is 0 Å². The predicted molar refractivity (Wildman–Crippen MR) is 75.8 cm³/mol. The average molecular weight is 268 g/mol. The van der Waals surface area contributed by atoms with Gasteiger partial charge in [-0.15, -0.1) is 0 Å². The summed E-state index contributed by atoms with van der Waals surface area (Å²) >= 11 is 6.07. The highest BCUT2D eigenvalue weighted by molar-refractivity contribution is 6.31. The number of nitrogens with one attached hydrogen (secondary N) is 1. The largest absolute Gasteiger partial charge is 0.312 e.